The van der Waals surface area contributed by atoms with Crippen LogP contribution in [0.25, 0.3) is 21.1 Å². The molecule has 34 heavy (non-hydrogen) atoms. The Hall–Kier alpha value is -3.54. The van der Waals surface area contributed by atoms with Crippen molar-refractivity contribution in [3.05, 3.63) is 71.3 Å². The minimum atomic E-state index is 0.00754. The highest BCUT2D eigenvalue weighted by Crippen LogP contribution is 2.39. The summed E-state index contributed by atoms with van der Waals surface area (Å²) in [4.78, 5) is 7.26. The third kappa shape index (κ3) is 4.58. The molecule has 4 aromatic rings. The van der Waals surface area contributed by atoms with Crippen LogP contribution in [0.3, 0.4) is 0 Å². The Morgan fingerprint density at radius 1 is 1.24 bits per heavy atom. The molecule has 0 bridgehead atoms. The van der Waals surface area contributed by atoms with Crippen molar-refractivity contribution in [1.29, 1.82) is 5.26 Å². The molecular formula is C26H26N6OS. The van der Waals surface area contributed by atoms with Gasteiger partial charge in [-0.15, -0.1) is 10.2 Å². The summed E-state index contributed by atoms with van der Waals surface area (Å²) < 4.78 is 5.75. The third-order valence-corrected chi connectivity index (χ3v) is 6.97. The maximum absolute atomic E-state index is 9.57. The zero-order valence-corrected chi connectivity index (χ0v) is 20.0. The largest absolute Gasteiger partial charge is 0.490 e. The molecule has 2 aromatic carbocycles. The van der Waals surface area contributed by atoms with Gasteiger partial charge in [0.15, 0.2) is 0 Å². The van der Waals surface area contributed by atoms with Gasteiger partial charge in [0, 0.05) is 35.6 Å². The lowest BCUT2D eigenvalue weighted by atomic mass is 9.85. The Kier molecular flexibility index (Phi) is 6.39. The topological polar surface area (TPSA) is 99.5 Å². The average Bonchev–Trinajstić information content (AvgIpc) is 3.55. The number of rotatable bonds is 7. The van der Waals surface area contributed by atoms with Crippen LogP contribution in [0, 0.1) is 11.3 Å². The van der Waals surface area contributed by atoms with E-state index in [0.717, 1.165) is 52.6 Å². The first kappa shape index (κ1) is 22.3. The SMILES string of the molecule is CC(C)Oc1ccc(-c2nnc(-c3cccc4c3CCC[C@@H]4NCc3cnc[nH]3)s2)cc1C#N. The van der Waals surface area contributed by atoms with Crippen LogP contribution in [0.15, 0.2) is 48.9 Å². The van der Waals surface area contributed by atoms with Gasteiger partial charge in [-0.25, -0.2) is 4.98 Å². The van der Waals surface area contributed by atoms with Crippen LogP contribution in [0.4, 0.5) is 0 Å². The van der Waals surface area contributed by atoms with Gasteiger partial charge < -0.3 is 15.0 Å². The molecule has 0 fully saturated rings. The number of hydrogen-bond donors (Lipinski definition) is 2. The van der Waals surface area contributed by atoms with Crippen molar-refractivity contribution < 1.29 is 4.74 Å². The van der Waals surface area contributed by atoms with Gasteiger partial charge in [0.25, 0.3) is 0 Å². The second kappa shape index (κ2) is 9.75. The standard InChI is InChI=1S/C26H26N6OS/c1-16(2)33-24-10-9-17(11-18(24)12-27)25-31-32-26(34-25)22-7-3-6-21-20(22)5-4-8-23(21)29-14-19-13-28-15-30-19/h3,6-7,9-11,13,15-16,23,29H,4-5,8,14H2,1-2H3,(H,28,30)/t23-/m0/s1. The third-order valence-electron chi connectivity index (χ3n) is 5.97. The summed E-state index contributed by atoms with van der Waals surface area (Å²) >= 11 is 1.56. The van der Waals surface area contributed by atoms with E-state index in [1.807, 2.05) is 38.2 Å². The van der Waals surface area contributed by atoms with Crippen molar-refractivity contribution in [3.8, 4) is 33.0 Å². The van der Waals surface area contributed by atoms with E-state index in [9.17, 15) is 5.26 Å². The molecule has 0 spiro atoms. The van der Waals surface area contributed by atoms with Crippen LogP contribution in [-0.2, 0) is 13.0 Å². The Morgan fingerprint density at radius 3 is 2.91 bits per heavy atom. The predicted octanol–water partition coefficient (Wildman–Crippen LogP) is 5.42. The number of benzene rings is 2. The zero-order valence-electron chi connectivity index (χ0n) is 19.2. The lowest BCUT2D eigenvalue weighted by Gasteiger charge is -2.27. The summed E-state index contributed by atoms with van der Waals surface area (Å²) in [5.74, 6) is 0.594. The van der Waals surface area contributed by atoms with Crippen molar-refractivity contribution in [2.24, 2.45) is 0 Å². The van der Waals surface area contributed by atoms with Gasteiger partial charge >= 0.3 is 0 Å². The molecule has 8 heteroatoms. The molecule has 1 atom stereocenters. The summed E-state index contributed by atoms with van der Waals surface area (Å²) in [7, 11) is 0. The molecule has 1 aliphatic rings. The van der Waals surface area contributed by atoms with Gasteiger partial charge in [0.05, 0.1) is 18.0 Å². The Morgan fingerprint density at radius 2 is 2.12 bits per heavy atom. The first-order chi connectivity index (χ1) is 16.6. The molecule has 2 heterocycles. The molecule has 0 aliphatic heterocycles. The summed E-state index contributed by atoms with van der Waals surface area (Å²) in [5.41, 5.74) is 6.29. The molecule has 172 valence electrons. The first-order valence-corrected chi connectivity index (χ1v) is 12.3. The maximum atomic E-state index is 9.57. The minimum Gasteiger partial charge on any atom is -0.490 e. The number of aromatic nitrogens is 4. The smallest absolute Gasteiger partial charge is 0.148 e. The number of imidazole rings is 1. The quantitative estimate of drug-likeness (QED) is 0.374. The van der Waals surface area contributed by atoms with E-state index in [-0.39, 0.29) is 6.10 Å². The molecule has 0 saturated heterocycles. The highest BCUT2D eigenvalue weighted by Gasteiger charge is 2.24. The van der Waals surface area contributed by atoms with E-state index in [4.69, 9.17) is 4.74 Å². The molecule has 0 radical (unpaired) electrons. The number of nitrogens with one attached hydrogen (secondary N) is 2. The Bertz CT molecular complexity index is 1320. The number of H-pyrrole nitrogens is 1. The number of nitriles is 1. The summed E-state index contributed by atoms with van der Waals surface area (Å²) in [6.45, 7) is 4.66. The van der Waals surface area contributed by atoms with E-state index in [1.165, 1.54) is 11.1 Å². The second-order valence-electron chi connectivity index (χ2n) is 8.68. The van der Waals surface area contributed by atoms with Crippen molar-refractivity contribution in [2.75, 3.05) is 0 Å². The molecule has 0 amide bonds. The van der Waals surface area contributed by atoms with E-state index >= 15 is 0 Å². The van der Waals surface area contributed by atoms with Crippen molar-refractivity contribution in [3.63, 3.8) is 0 Å². The van der Waals surface area contributed by atoms with Gasteiger partial charge in [-0.05, 0) is 62.4 Å². The average molecular weight is 471 g/mol. The highest BCUT2D eigenvalue weighted by molar-refractivity contribution is 7.17. The Labute approximate surface area is 202 Å². The molecule has 7 nitrogen and oxygen atoms in total. The maximum Gasteiger partial charge on any atom is 0.148 e. The second-order valence-corrected chi connectivity index (χ2v) is 9.66. The van der Waals surface area contributed by atoms with Crippen LogP contribution < -0.4 is 10.1 Å². The fraction of sp³-hybridized carbons (Fsp3) is 0.308. The van der Waals surface area contributed by atoms with E-state index in [1.54, 1.807) is 17.7 Å². The highest BCUT2D eigenvalue weighted by atomic mass is 32.1. The molecule has 0 saturated carbocycles. The number of fused-ring (bicyclic) bond motifs is 1. The van der Waals surface area contributed by atoms with Crippen LogP contribution >= 0.6 is 11.3 Å². The van der Waals surface area contributed by atoms with Gasteiger partial charge in [-0.1, -0.05) is 29.5 Å². The van der Waals surface area contributed by atoms with E-state index in [0.29, 0.717) is 17.4 Å². The summed E-state index contributed by atoms with van der Waals surface area (Å²) in [5, 5.41) is 23.9. The van der Waals surface area contributed by atoms with Gasteiger partial charge in [-0.2, -0.15) is 5.26 Å². The molecule has 2 N–H and O–H groups in total. The van der Waals surface area contributed by atoms with Crippen LogP contribution in [0.1, 0.15) is 55.1 Å². The number of aromatic amines is 1. The van der Waals surface area contributed by atoms with Gasteiger partial charge in [0.2, 0.25) is 0 Å². The summed E-state index contributed by atoms with van der Waals surface area (Å²) in [6.07, 6.45) is 6.83. The fourth-order valence-electron chi connectivity index (χ4n) is 4.43. The van der Waals surface area contributed by atoms with E-state index < -0.39 is 0 Å². The molecular weight excluding hydrogens is 444 g/mol. The number of hydrogen-bond acceptors (Lipinski definition) is 7. The Balaban J connectivity index is 1.42. The molecule has 0 unspecified atom stereocenters. The van der Waals surface area contributed by atoms with Gasteiger partial charge in [-0.3, -0.25) is 0 Å². The van der Waals surface area contributed by atoms with Crippen LogP contribution in [-0.4, -0.2) is 26.3 Å². The van der Waals surface area contributed by atoms with Crippen molar-refractivity contribution in [2.45, 2.75) is 51.8 Å². The predicted molar refractivity (Wildman–Crippen MR) is 132 cm³/mol. The fourth-order valence-corrected chi connectivity index (χ4v) is 5.32. The monoisotopic (exact) mass is 470 g/mol. The minimum absolute atomic E-state index is 0.00754. The van der Waals surface area contributed by atoms with E-state index in [2.05, 4.69) is 49.8 Å². The van der Waals surface area contributed by atoms with Crippen molar-refractivity contribution >= 4 is 11.3 Å². The molecule has 1 aliphatic carbocycles. The summed E-state index contributed by atoms with van der Waals surface area (Å²) in [6, 6.07) is 14.6. The first-order valence-electron chi connectivity index (χ1n) is 11.5. The lowest BCUT2D eigenvalue weighted by molar-refractivity contribution is 0.242. The van der Waals surface area contributed by atoms with Crippen LogP contribution in [0.2, 0.25) is 0 Å². The zero-order chi connectivity index (χ0) is 23.5. The lowest BCUT2D eigenvalue weighted by Crippen LogP contribution is -2.25. The normalized spacial score (nSPS) is 15.2. The van der Waals surface area contributed by atoms with Crippen LogP contribution in [0.5, 0.6) is 5.75 Å². The number of ether oxygens (including phenoxy) is 1. The number of nitrogens with zero attached hydrogens (tertiary/aromatic N) is 4. The molecule has 5 rings (SSSR count). The van der Waals surface area contributed by atoms with Crippen molar-refractivity contribution in [1.82, 2.24) is 25.5 Å². The molecule has 2 aromatic heterocycles. The van der Waals surface area contributed by atoms with Gasteiger partial charge in [0.1, 0.15) is 21.8 Å².